The molecule has 0 radical (unpaired) electrons. The molecule has 6 nitrogen and oxygen atoms in total. The summed E-state index contributed by atoms with van der Waals surface area (Å²) in [5, 5.41) is 18.0. The molecule has 0 aliphatic heterocycles. The van der Waals surface area contributed by atoms with Crippen molar-refractivity contribution in [3.8, 4) is 5.69 Å². The first-order chi connectivity index (χ1) is 8.50. The van der Waals surface area contributed by atoms with Gasteiger partial charge in [0.25, 0.3) is 0 Å². The number of aryl methyl sites for hydroxylation is 1. The normalized spacial score (nSPS) is 12.3. The topological polar surface area (TPSA) is 95.3 Å². The number of carbonyl (C=O) groups is 1. The highest BCUT2D eigenvalue weighted by Gasteiger charge is 2.15. The largest absolute Gasteiger partial charge is 0.479 e. The van der Waals surface area contributed by atoms with E-state index in [0.29, 0.717) is 5.69 Å². The van der Waals surface area contributed by atoms with Crippen molar-refractivity contribution in [2.45, 2.75) is 13.0 Å². The van der Waals surface area contributed by atoms with Crippen LogP contribution in [0.25, 0.3) is 5.69 Å². The van der Waals surface area contributed by atoms with E-state index in [1.54, 1.807) is 25.3 Å². The number of hydrogen-bond acceptors (Lipinski definition) is 3. The van der Waals surface area contributed by atoms with Crippen LogP contribution in [0.5, 0.6) is 0 Å². The lowest BCUT2D eigenvalue weighted by atomic mass is 10.1. The van der Waals surface area contributed by atoms with Crippen molar-refractivity contribution in [2.24, 2.45) is 0 Å². The van der Waals surface area contributed by atoms with E-state index in [-0.39, 0.29) is 11.3 Å². The van der Waals surface area contributed by atoms with Crippen LogP contribution in [0.3, 0.4) is 0 Å². The fraction of sp³-hybridized carbons (Fsp3) is 0.167. The Kier molecular flexibility index (Phi) is 3.03. The molecular weight excluding hydrogens is 236 g/mol. The second-order valence-corrected chi connectivity index (χ2v) is 3.90. The van der Waals surface area contributed by atoms with Gasteiger partial charge in [-0.25, -0.2) is 9.59 Å². The fourth-order valence-corrected chi connectivity index (χ4v) is 1.72. The predicted octanol–water partition coefficient (Wildman–Crippen LogP) is 0.592. The number of nitrogens with zero attached hydrogens (tertiary/aromatic N) is 1. The van der Waals surface area contributed by atoms with Gasteiger partial charge in [0.05, 0.1) is 5.69 Å². The average molecular weight is 248 g/mol. The Hall–Kier alpha value is -2.34. The summed E-state index contributed by atoms with van der Waals surface area (Å²) < 4.78 is 1.46. The highest BCUT2D eigenvalue weighted by molar-refractivity contribution is 5.74. The molecule has 6 heteroatoms. The van der Waals surface area contributed by atoms with Crippen LogP contribution in [0.2, 0.25) is 0 Å². The highest BCUT2D eigenvalue weighted by atomic mass is 16.4. The molecule has 1 aromatic heterocycles. The maximum atomic E-state index is 11.5. The monoisotopic (exact) mass is 248 g/mol. The third kappa shape index (κ3) is 2.05. The van der Waals surface area contributed by atoms with Crippen molar-refractivity contribution in [2.75, 3.05) is 0 Å². The zero-order chi connectivity index (χ0) is 13.3. The standard InChI is InChI=1S/C12H12N2O4/c1-7-6-13-12(18)14(7)9-4-2-8(3-5-9)10(15)11(16)17/h2-6,10,15H,1H3,(H,13,18)(H,16,17). The minimum atomic E-state index is -1.55. The van der Waals surface area contributed by atoms with Crippen molar-refractivity contribution < 1.29 is 15.0 Å². The first-order valence-corrected chi connectivity index (χ1v) is 5.29. The molecule has 0 aliphatic carbocycles. The van der Waals surface area contributed by atoms with E-state index in [0.717, 1.165) is 5.69 Å². The third-order valence-corrected chi connectivity index (χ3v) is 2.66. The van der Waals surface area contributed by atoms with Gasteiger partial charge in [0, 0.05) is 11.9 Å². The molecule has 0 saturated carbocycles. The third-order valence-electron chi connectivity index (χ3n) is 2.66. The molecule has 1 unspecified atom stereocenters. The number of H-pyrrole nitrogens is 1. The predicted molar refractivity (Wildman–Crippen MR) is 63.7 cm³/mol. The van der Waals surface area contributed by atoms with Crippen molar-refractivity contribution in [1.82, 2.24) is 9.55 Å². The van der Waals surface area contributed by atoms with Gasteiger partial charge in [0.15, 0.2) is 6.10 Å². The van der Waals surface area contributed by atoms with Crippen LogP contribution in [0.4, 0.5) is 0 Å². The highest BCUT2D eigenvalue weighted by Crippen LogP contribution is 2.16. The van der Waals surface area contributed by atoms with Crippen molar-refractivity contribution in [3.05, 3.63) is 52.2 Å². The van der Waals surface area contributed by atoms with Crippen LogP contribution >= 0.6 is 0 Å². The molecule has 0 aliphatic rings. The molecule has 1 atom stereocenters. The Balaban J connectivity index is 2.40. The van der Waals surface area contributed by atoms with Crippen LogP contribution in [0.1, 0.15) is 17.4 Å². The van der Waals surface area contributed by atoms with E-state index in [9.17, 15) is 14.7 Å². The number of aliphatic hydroxyl groups excluding tert-OH is 1. The second-order valence-electron chi connectivity index (χ2n) is 3.90. The molecule has 0 amide bonds. The Morgan fingerprint density at radius 2 is 1.94 bits per heavy atom. The number of benzene rings is 1. The van der Waals surface area contributed by atoms with Gasteiger partial charge in [-0.15, -0.1) is 0 Å². The lowest BCUT2D eigenvalue weighted by Crippen LogP contribution is -2.16. The average Bonchev–Trinajstić information content (AvgIpc) is 2.68. The summed E-state index contributed by atoms with van der Waals surface area (Å²) in [5.74, 6) is -1.31. The van der Waals surface area contributed by atoms with E-state index < -0.39 is 12.1 Å². The molecule has 0 bridgehead atoms. The Morgan fingerprint density at radius 1 is 1.33 bits per heavy atom. The zero-order valence-electron chi connectivity index (χ0n) is 9.62. The first kappa shape index (κ1) is 12.1. The molecule has 0 fully saturated rings. The van der Waals surface area contributed by atoms with Gasteiger partial charge >= 0.3 is 11.7 Å². The molecule has 18 heavy (non-hydrogen) atoms. The summed E-state index contributed by atoms with van der Waals surface area (Å²) in [5.41, 5.74) is 1.36. The Bertz CT molecular complexity index is 624. The molecular formula is C12H12N2O4. The smallest absolute Gasteiger partial charge is 0.337 e. The maximum Gasteiger partial charge on any atom is 0.337 e. The van der Waals surface area contributed by atoms with E-state index in [2.05, 4.69) is 4.98 Å². The molecule has 1 aromatic carbocycles. The Morgan fingerprint density at radius 3 is 2.39 bits per heavy atom. The summed E-state index contributed by atoms with van der Waals surface area (Å²) in [4.78, 5) is 24.7. The number of carboxylic acids is 1. The van der Waals surface area contributed by atoms with E-state index >= 15 is 0 Å². The summed E-state index contributed by atoms with van der Waals surface area (Å²) >= 11 is 0. The minimum Gasteiger partial charge on any atom is -0.479 e. The second kappa shape index (κ2) is 4.50. The van der Waals surface area contributed by atoms with Gasteiger partial charge in [0.2, 0.25) is 0 Å². The van der Waals surface area contributed by atoms with Gasteiger partial charge in [-0.05, 0) is 24.6 Å². The maximum absolute atomic E-state index is 11.5. The lowest BCUT2D eigenvalue weighted by Gasteiger charge is -2.08. The number of carboxylic acid groups (broad SMARTS) is 1. The number of imidazole rings is 1. The van der Waals surface area contributed by atoms with Crippen LogP contribution in [0.15, 0.2) is 35.3 Å². The summed E-state index contributed by atoms with van der Waals surface area (Å²) in [7, 11) is 0. The summed E-state index contributed by atoms with van der Waals surface area (Å²) in [6, 6.07) is 6.13. The summed E-state index contributed by atoms with van der Waals surface area (Å²) in [6.07, 6.45) is 0.0330. The van der Waals surface area contributed by atoms with Crippen LogP contribution < -0.4 is 5.69 Å². The van der Waals surface area contributed by atoms with Gasteiger partial charge in [-0.1, -0.05) is 12.1 Å². The molecule has 0 saturated heterocycles. The zero-order valence-corrected chi connectivity index (χ0v) is 9.62. The molecule has 3 N–H and O–H groups in total. The Labute approximate surface area is 102 Å². The molecule has 0 spiro atoms. The van der Waals surface area contributed by atoms with Crippen LogP contribution in [0, 0.1) is 6.92 Å². The van der Waals surface area contributed by atoms with Crippen molar-refractivity contribution in [1.29, 1.82) is 0 Å². The number of hydrogen-bond donors (Lipinski definition) is 3. The number of nitrogens with one attached hydrogen (secondary N) is 1. The lowest BCUT2D eigenvalue weighted by molar-refractivity contribution is -0.146. The molecule has 2 aromatic rings. The number of aliphatic carboxylic acids is 1. The number of aromatic amines is 1. The van der Waals surface area contributed by atoms with Gasteiger partial charge in [-0.2, -0.15) is 0 Å². The van der Waals surface area contributed by atoms with Crippen molar-refractivity contribution in [3.63, 3.8) is 0 Å². The molecule has 94 valence electrons. The molecule has 2 rings (SSSR count). The first-order valence-electron chi connectivity index (χ1n) is 5.29. The quantitative estimate of drug-likeness (QED) is 0.740. The van der Waals surface area contributed by atoms with E-state index in [4.69, 9.17) is 5.11 Å². The van der Waals surface area contributed by atoms with Gasteiger partial charge < -0.3 is 15.2 Å². The van der Waals surface area contributed by atoms with Crippen LogP contribution in [-0.4, -0.2) is 25.7 Å². The number of aromatic nitrogens is 2. The van der Waals surface area contributed by atoms with E-state index in [1.807, 2.05) is 0 Å². The summed E-state index contributed by atoms with van der Waals surface area (Å²) in [6.45, 7) is 1.78. The number of rotatable bonds is 3. The minimum absolute atomic E-state index is 0.265. The fourth-order valence-electron chi connectivity index (χ4n) is 1.72. The van der Waals surface area contributed by atoms with Gasteiger partial charge in [0.1, 0.15) is 0 Å². The van der Waals surface area contributed by atoms with Crippen molar-refractivity contribution >= 4 is 5.97 Å². The van der Waals surface area contributed by atoms with Gasteiger partial charge in [-0.3, -0.25) is 4.57 Å². The van der Waals surface area contributed by atoms with E-state index in [1.165, 1.54) is 16.7 Å². The van der Waals surface area contributed by atoms with Crippen LogP contribution in [-0.2, 0) is 4.79 Å². The SMILES string of the molecule is Cc1c[nH]c(=O)n1-c1ccc(C(O)C(=O)O)cc1. The molecule has 1 heterocycles. The number of aliphatic hydroxyl groups is 1.